The van der Waals surface area contributed by atoms with Gasteiger partial charge in [-0.3, -0.25) is 0 Å². The summed E-state index contributed by atoms with van der Waals surface area (Å²) in [5.41, 5.74) is -0.691. The predicted octanol–water partition coefficient (Wildman–Crippen LogP) is 4.27. The van der Waals surface area contributed by atoms with Crippen molar-refractivity contribution in [3.05, 3.63) is 22.8 Å². The van der Waals surface area contributed by atoms with E-state index in [9.17, 15) is 13.2 Å². The number of halogens is 4. The van der Waals surface area contributed by atoms with Crippen LogP contribution in [0.1, 0.15) is 20.3 Å². The molecule has 0 N–H and O–H groups in total. The van der Waals surface area contributed by atoms with Crippen molar-refractivity contribution in [2.24, 2.45) is 11.8 Å². The Morgan fingerprint density at radius 3 is 2.43 bits per heavy atom. The van der Waals surface area contributed by atoms with Crippen molar-refractivity contribution in [3.8, 4) is 0 Å². The molecule has 1 unspecified atom stereocenters. The Labute approximate surface area is 86.4 Å². The molecule has 0 heterocycles. The van der Waals surface area contributed by atoms with E-state index >= 15 is 0 Å². The highest BCUT2D eigenvalue weighted by atomic mass is 35.5. The molecule has 0 bridgehead atoms. The van der Waals surface area contributed by atoms with Crippen molar-refractivity contribution in [1.29, 1.82) is 0 Å². The molecular weight excluding hydrogens is 213 g/mol. The third kappa shape index (κ3) is 2.53. The minimum absolute atomic E-state index is 0.0610. The van der Waals surface area contributed by atoms with Crippen LogP contribution in [0.5, 0.6) is 0 Å². The second-order valence-electron chi connectivity index (χ2n) is 3.77. The third-order valence-corrected chi connectivity index (χ3v) is 2.73. The molecule has 0 saturated heterocycles. The van der Waals surface area contributed by atoms with Crippen LogP contribution in [-0.4, -0.2) is 6.18 Å². The number of allylic oxidation sites excluding steroid dienone is 4. The highest BCUT2D eigenvalue weighted by molar-refractivity contribution is 6.32. The maximum Gasteiger partial charge on any atom is 0.417 e. The Morgan fingerprint density at radius 2 is 2.00 bits per heavy atom. The van der Waals surface area contributed by atoms with Crippen LogP contribution in [0.4, 0.5) is 13.2 Å². The van der Waals surface area contributed by atoms with E-state index in [2.05, 4.69) is 0 Å². The lowest BCUT2D eigenvalue weighted by atomic mass is 9.87. The van der Waals surface area contributed by atoms with E-state index in [1.807, 2.05) is 13.8 Å². The topological polar surface area (TPSA) is 0 Å². The van der Waals surface area contributed by atoms with Crippen LogP contribution in [0.2, 0.25) is 0 Å². The molecule has 0 spiro atoms. The van der Waals surface area contributed by atoms with Gasteiger partial charge in [0.2, 0.25) is 0 Å². The first-order chi connectivity index (χ1) is 6.32. The number of hydrogen-bond donors (Lipinski definition) is 0. The van der Waals surface area contributed by atoms with Crippen LogP contribution in [-0.2, 0) is 0 Å². The third-order valence-electron chi connectivity index (χ3n) is 2.37. The fourth-order valence-corrected chi connectivity index (χ4v) is 1.66. The van der Waals surface area contributed by atoms with Gasteiger partial charge in [0.15, 0.2) is 0 Å². The van der Waals surface area contributed by atoms with Crippen molar-refractivity contribution >= 4 is 11.6 Å². The monoisotopic (exact) mass is 224 g/mol. The van der Waals surface area contributed by atoms with E-state index < -0.39 is 11.7 Å². The molecule has 1 atom stereocenters. The van der Waals surface area contributed by atoms with Crippen LogP contribution in [0.15, 0.2) is 22.8 Å². The normalized spacial score (nSPS) is 23.5. The summed E-state index contributed by atoms with van der Waals surface area (Å²) in [7, 11) is 0. The van der Waals surface area contributed by atoms with Crippen molar-refractivity contribution in [2.75, 3.05) is 0 Å². The molecule has 1 aliphatic carbocycles. The smallest absolute Gasteiger partial charge is 0.166 e. The standard InChI is InChI=1S/C10H12ClF3/c1-6(2)7-3-4-9(11)8(5-7)10(12,13)14/h4-7H,3H2,1-2H3. The summed E-state index contributed by atoms with van der Waals surface area (Å²) < 4.78 is 37.3. The summed E-state index contributed by atoms with van der Waals surface area (Å²) in [6.45, 7) is 3.81. The Hall–Kier alpha value is -0.440. The van der Waals surface area contributed by atoms with E-state index in [4.69, 9.17) is 11.6 Å². The number of alkyl halides is 3. The number of rotatable bonds is 1. The Morgan fingerprint density at radius 1 is 1.43 bits per heavy atom. The van der Waals surface area contributed by atoms with Gasteiger partial charge in [-0.15, -0.1) is 0 Å². The maximum atomic E-state index is 12.4. The molecule has 0 aromatic heterocycles. The summed E-state index contributed by atoms with van der Waals surface area (Å²) in [5, 5.41) is -0.172. The van der Waals surface area contributed by atoms with Gasteiger partial charge in [0.05, 0.1) is 5.57 Å². The quantitative estimate of drug-likeness (QED) is 0.624. The van der Waals surface area contributed by atoms with Gasteiger partial charge < -0.3 is 0 Å². The zero-order valence-electron chi connectivity index (χ0n) is 8.03. The van der Waals surface area contributed by atoms with Gasteiger partial charge in [-0.1, -0.05) is 37.6 Å². The fraction of sp³-hybridized carbons (Fsp3) is 0.600. The lowest BCUT2D eigenvalue weighted by molar-refractivity contribution is -0.0895. The minimum atomic E-state index is -4.33. The molecule has 1 aliphatic rings. The average molecular weight is 225 g/mol. The first-order valence-corrected chi connectivity index (χ1v) is 4.85. The van der Waals surface area contributed by atoms with Gasteiger partial charge in [0.1, 0.15) is 0 Å². The van der Waals surface area contributed by atoms with Gasteiger partial charge in [-0.2, -0.15) is 13.2 Å². The summed E-state index contributed by atoms with van der Waals surface area (Å²) >= 11 is 5.51. The van der Waals surface area contributed by atoms with Gasteiger partial charge in [0.25, 0.3) is 0 Å². The van der Waals surface area contributed by atoms with Gasteiger partial charge >= 0.3 is 6.18 Å². The molecule has 0 aliphatic heterocycles. The molecule has 0 aromatic rings. The van der Waals surface area contributed by atoms with Gasteiger partial charge in [-0.25, -0.2) is 0 Å². The second kappa shape index (κ2) is 3.97. The minimum Gasteiger partial charge on any atom is -0.166 e. The molecular formula is C10H12ClF3. The Kier molecular flexibility index (Phi) is 3.30. The van der Waals surface area contributed by atoms with Crippen LogP contribution < -0.4 is 0 Å². The largest absolute Gasteiger partial charge is 0.417 e. The zero-order valence-corrected chi connectivity index (χ0v) is 8.78. The zero-order chi connectivity index (χ0) is 10.9. The SMILES string of the molecule is CC(C)C1C=C(C(F)(F)F)C(Cl)=CC1. The van der Waals surface area contributed by atoms with Crippen molar-refractivity contribution in [3.63, 3.8) is 0 Å². The number of hydrogen-bond acceptors (Lipinski definition) is 0. The summed E-state index contributed by atoms with van der Waals surface area (Å²) in [5.74, 6) is 0.141. The Bertz CT molecular complexity index is 274. The molecule has 0 fully saturated rings. The van der Waals surface area contributed by atoms with E-state index in [-0.39, 0.29) is 16.9 Å². The fourth-order valence-electron chi connectivity index (χ4n) is 1.41. The van der Waals surface area contributed by atoms with Crippen LogP contribution in [0.3, 0.4) is 0 Å². The molecule has 0 aromatic carbocycles. The first kappa shape index (κ1) is 11.6. The molecule has 0 radical (unpaired) electrons. The predicted molar refractivity (Wildman–Crippen MR) is 51.0 cm³/mol. The molecule has 80 valence electrons. The lowest BCUT2D eigenvalue weighted by Gasteiger charge is -2.23. The van der Waals surface area contributed by atoms with E-state index in [0.717, 1.165) is 0 Å². The van der Waals surface area contributed by atoms with E-state index in [1.165, 1.54) is 12.2 Å². The highest BCUT2D eigenvalue weighted by Crippen LogP contribution is 2.39. The van der Waals surface area contributed by atoms with Crippen molar-refractivity contribution in [2.45, 2.75) is 26.4 Å². The van der Waals surface area contributed by atoms with Gasteiger partial charge in [0, 0.05) is 5.03 Å². The van der Waals surface area contributed by atoms with Crippen LogP contribution in [0.25, 0.3) is 0 Å². The molecule has 4 heteroatoms. The molecule has 0 amide bonds. The second-order valence-corrected chi connectivity index (χ2v) is 4.18. The average Bonchev–Trinajstić information content (AvgIpc) is 2.02. The summed E-state index contributed by atoms with van der Waals surface area (Å²) in [6, 6.07) is 0. The summed E-state index contributed by atoms with van der Waals surface area (Å²) in [6.07, 6.45) is -1.04. The Balaban J connectivity index is 2.95. The molecule has 0 nitrogen and oxygen atoms in total. The summed E-state index contributed by atoms with van der Waals surface area (Å²) in [4.78, 5) is 0. The van der Waals surface area contributed by atoms with E-state index in [0.29, 0.717) is 6.42 Å². The lowest BCUT2D eigenvalue weighted by Crippen LogP contribution is -2.18. The molecule has 14 heavy (non-hydrogen) atoms. The van der Waals surface area contributed by atoms with Crippen molar-refractivity contribution < 1.29 is 13.2 Å². The maximum absolute atomic E-state index is 12.4. The molecule has 0 saturated carbocycles. The van der Waals surface area contributed by atoms with Gasteiger partial charge in [-0.05, 0) is 18.3 Å². The van der Waals surface area contributed by atoms with Crippen molar-refractivity contribution in [1.82, 2.24) is 0 Å². The van der Waals surface area contributed by atoms with E-state index in [1.54, 1.807) is 0 Å². The highest BCUT2D eigenvalue weighted by Gasteiger charge is 2.37. The first-order valence-electron chi connectivity index (χ1n) is 4.47. The molecule has 1 rings (SSSR count). The van der Waals surface area contributed by atoms with Crippen LogP contribution >= 0.6 is 11.6 Å². The van der Waals surface area contributed by atoms with Crippen LogP contribution in [0, 0.1) is 11.8 Å².